The average molecular weight is 330 g/mol. The van der Waals surface area contributed by atoms with Gasteiger partial charge in [0.2, 0.25) is 0 Å². The van der Waals surface area contributed by atoms with Crippen molar-refractivity contribution in [2.24, 2.45) is 0 Å². The normalized spacial score (nSPS) is 14.8. The number of hydrogen-bond donors (Lipinski definition) is 1. The minimum absolute atomic E-state index is 0.261. The summed E-state index contributed by atoms with van der Waals surface area (Å²) in [5.41, 5.74) is 0.449. The molecule has 0 saturated carbocycles. The number of ether oxygens (including phenoxy) is 1. The average Bonchev–Trinajstić information content (AvgIpc) is 2.61. The summed E-state index contributed by atoms with van der Waals surface area (Å²) in [6.45, 7) is 5.18. The molecule has 24 heavy (non-hydrogen) atoms. The zero-order chi connectivity index (χ0) is 17.1. The van der Waals surface area contributed by atoms with Crippen LogP contribution in [0.2, 0.25) is 0 Å². The number of methoxy groups -OCH3 is 1. The van der Waals surface area contributed by atoms with Crippen molar-refractivity contribution < 1.29 is 4.74 Å². The first-order valence-electron chi connectivity index (χ1n) is 8.11. The number of benzene rings is 1. The standard InChI is InChI=1S/C17H22N4O3/c1-3-21-16(22)12-15(18-17(21)23)20-10-8-19(9-11-20)13-6-4-5-7-14(13)24-2/h4-7,12H,3,8-11H2,1-2H3,(H,18,23). The number of aromatic amines is 1. The summed E-state index contributed by atoms with van der Waals surface area (Å²) in [6, 6.07) is 9.43. The molecule has 7 heteroatoms. The third kappa shape index (κ3) is 3.02. The zero-order valence-corrected chi connectivity index (χ0v) is 14.0. The zero-order valence-electron chi connectivity index (χ0n) is 14.0. The number of rotatable bonds is 4. The molecule has 0 amide bonds. The van der Waals surface area contributed by atoms with Crippen molar-refractivity contribution >= 4 is 11.5 Å². The van der Waals surface area contributed by atoms with Crippen LogP contribution >= 0.6 is 0 Å². The van der Waals surface area contributed by atoms with Gasteiger partial charge < -0.3 is 14.5 Å². The molecule has 0 aliphatic carbocycles. The Balaban J connectivity index is 1.76. The molecule has 2 heterocycles. The summed E-state index contributed by atoms with van der Waals surface area (Å²) in [6.07, 6.45) is 0. The van der Waals surface area contributed by atoms with Gasteiger partial charge in [-0.1, -0.05) is 12.1 Å². The topological polar surface area (TPSA) is 70.6 Å². The maximum atomic E-state index is 12.0. The molecule has 1 N–H and O–H groups in total. The van der Waals surface area contributed by atoms with Crippen LogP contribution in [0.15, 0.2) is 39.9 Å². The van der Waals surface area contributed by atoms with Gasteiger partial charge in [-0.25, -0.2) is 4.79 Å². The SMILES string of the molecule is CCn1c(=O)cc(N2CCN(c3ccccc3OC)CC2)[nH]c1=O. The smallest absolute Gasteiger partial charge is 0.329 e. The molecule has 0 spiro atoms. The predicted molar refractivity (Wildman–Crippen MR) is 94.4 cm³/mol. The fraction of sp³-hybridized carbons (Fsp3) is 0.412. The van der Waals surface area contributed by atoms with Crippen LogP contribution in [0.3, 0.4) is 0 Å². The van der Waals surface area contributed by atoms with E-state index in [1.807, 2.05) is 29.2 Å². The third-order valence-corrected chi connectivity index (χ3v) is 4.37. The minimum Gasteiger partial charge on any atom is -0.495 e. The summed E-state index contributed by atoms with van der Waals surface area (Å²) >= 11 is 0. The van der Waals surface area contributed by atoms with Gasteiger partial charge in [-0.05, 0) is 19.1 Å². The Labute approximate surface area is 140 Å². The van der Waals surface area contributed by atoms with Crippen LogP contribution < -0.4 is 25.8 Å². The second kappa shape index (κ2) is 6.82. The second-order valence-electron chi connectivity index (χ2n) is 5.69. The highest BCUT2D eigenvalue weighted by Gasteiger charge is 2.20. The molecule has 1 aromatic carbocycles. The Morgan fingerprint density at radius 3 is 2.38 bits per heavy atom. The maximum Gasteiger partial charge on any atom is 0.329 e. The van der Waals surface area contributed by atoms with E-state index in [4.69, 9.17) is 4.74 Å². The number of anilines is 2. The van der Waals surface area contributed by atoms with Crippen molar-refractivity contribution in [1.29, 1.82) is 0 Å². The van der Waals surface area contributed by atoms with Gasteiger partial charge in [0.1, 0.15) is 11.6 Å². The monoisotopic (exact) mass is 330 g/mol. The van der Waals surface area contributed by atoms with E-state index in [0.29, 0.717) is 12.4 Å². The first-order valence-corrected chi connectivity index (χ1v) is 8.11. The number of H-pyrrole nitrogens is 1. The van der Waals surface area contributed by atoms with Gasteiger partial charge in [-0.2, -0.15) is 0 Å². The molecule has 1 saturated heterocycles. The first-order chi connectivity index (χ1) is 11.6. The first kappa shape index (κ1) is 16.2. The molecule has 1 aromatic heterocycles. The van der Waals surface area contributed by atoms with Crippen molar-refractivity contribution in [3.8, 4) is 5.75 Å². The van der Waals surface area contributed by atoms with Crippen LogP contribution in [-0.4, -0.2) is 42.8 Å². The fourth-order valence-corrected chi connectivity index (χ4v) is 3.06. The lowest BCUT2D eigenvalue weighted by Gasteiger charge is -2.37. The number of hydrogen-bond acceptors (Lipinski definition) is 5. The Hall–Kier alpha value is -2.70. The highest BCUT2D eigenvalue weighted by molar-refractivity contribution is 5.59. The molecule has 0 unspecified atom stereocenters. The molecule has 1 aliphatic rings. The molecule has 0 bridgehead atoms. The van der Waals surface area contributed by atoms with E-state index >= 15 is 0 Å². The van der Waals surface area contributed by atoms with Crippen LogP contribution in [0.25, 0.3) is 0 Å². The molecule has 128 valence electrons. The van der Waals surface area contributed by atoms with Gasteiger partial charge in [0, 0.05) is 38.8 Å². The van der Waals surface area contributed by atoms with E-state index < -0.39 is 0 Å². The molecule has 0 radical (unpaired) electrons. The number of nitrogens with one attached hydrogen (secondary N) is 1. The molecule has 0 atom stereocenters. The fourth-order valence-electron chi connectivity index (χ4n) is 3.06. The van der Waals surface area contributed by atoms with E-state index in [2.05, 4.69) is 9.88 Å². The maximum absolute atomic E-state index is 12.0. The van der Waals surface area contributed by atoms with Crippen LogP contribution in [0.5, 0.6) is 5.75 Å². The van der Waals surface area contributed by atoms with E-state index in [1.54, 1.807) is 14.0 Å². The Morgan fingerprint density at radius 2 is 1.75 bits per heavy atom. The van der Waals surface area contributed by atoms with Gasteiger partial charge >= 0.3 is 5.69 Å². The Bertz CT molecular complexity index is 788. The van der Waals surface area contributed by atoms with Crippen LogP contribution in [0.1, 0.15) is 6.92 Å². The lowest BCUT2D eigenvalue weighted by molar-refractivity contribution is 0.413. The van der Waals surface area contributed by atoms with Gasteiger partial charge in [0.25, 0.3) is 5.56 Å². The Kier molecular flexibility index (Phi) is 4.59. The lowest BCUT2D eigenvalue weighted by atomic mass is 10.2. The highest BCUT2D eigenvalue weighted by atomic mass is 16.5. The summed E-state index contributed by atoms with van der Waals surface area (Å²) in [5.74, 6) is 1.44. The number of piperazine rings is 1. The Morgan fingerprint density at radius 1 is 1.08 bits per heavy atom. The molecule has 1 aliphatic heterocycles. The van der Waals surface area contributed by atoms with E-state index in [1.165, 1.54) is 10.6 Å². The summed E-state index contributed by atoms with van der Waals surface area (Å²) in [5, 5.41) is 0. The number of nitrogens with zero attached hydrogens (tertiary/aromatic N) is 3. The van der Waals surface area contributed by atoms with Crippen LogP contribution in [0.4, 0.5) is 11.5 Å². The summed E-state index contributed by atoms with van der Waals surface area (Å²) in [4.78, 5) is 31.0. The summed E-state index contributed by atoms with van der Waals surface area (Å²) in [7, 11) is 1.67. The third-order valence-electron chi connectivity index (χ3n) is 4.37. The molecular weight excluding hydrogens is 308 g/mol. The van der Waals surface area contributed by atoms with Crippen molar-refractivity contribution in [3.05, 3.63) is 51.2 Å². The van der Waals surface area contributed by atoms with Crippen molar-refractivity contribution in [1.82, 2.24) is 9.55 Å². The largest absolute Gasteiger partial charge is 0.495 e. The lowest BCUT2D eigenvalue weighted by Crippen LogP contribution is -2.48. The van der Waals surface area contributed by atoms with Gasteiger partial charge in [0.15, 0.2) is 0 Å². The van der Waals surface area contributed by atoms with Gasteiger partial charge in [-0.15, -0.1) is 0 Å². The van der Waals surface area contributed by atoms with Gasteiger partial charge in [-0.3, -0.25) is 14.3 Å². The molecule has 1 fully saturated rings. The molecular formula is C17H22N4O3. The molecule has 2 aromatic rings. The summed E-state index contributed by atoms with van der Waals surface area (Å²) < 4.78 is 6.61. The quantitative estimate of drug-likeness (QED) is 0.902. The minimum atomic E-state index is -0.354. The van der Waals surface area contributed by atoms with Crippen LogP contribution in [0, 0.1) is 0 Å². The second-order valence-corrected chi connectivity index (χ2v) is 5.69. The van der Waals surface area contributed by atoms with Crippen LogP contribution in [-0.2, 0) is 6.54 Å². The molecule has 7 nitrogen and oxygen atoms in total. The van der Waals surface area contributed by atoms with E-state index in [0.717, 1.165) is 37.6 Å². The number of aromatic nitrogens is 2. The predicted octanol–water partition coefficient (Wildman–Crippen LogP) is 0.892. The van der Waals surface area contributed by atoms with E-state index in [9.17, 15) is 9.59 Å². The van der Waals surface area contributed by atoms with Gasteiger partial charge in [0.05, 0.1) is 12.8 Å². The molecule has 3 rings (SSSR count). The number of para-hydroxylation sites is 2. The van der Waals surface area contributed by atoms with Crippen molar-refractivity contribution in [2.45, 2.75) is 13.5 Å². The van der Waals surface area contributed by atoms with Crippen molar-refractivity contribution in [2.75, 3.05) is 43.1 Å². The highest BCUT2D eigenvalue weighted by Crippen LogP contribution is 2.28. The van der Waals surface area contributed by atoms with Crippen molar-refractivity contribution in [3.63, 3.8) is 0 Å². The van der Waals surface area contributed by atoms with E-state index in [-0.39, 0.29) is 11.2 Å².